The molecule has 0 fully saturated rings. The zero-order valence-electron chi connectivity index (χ0n) is 9.30. The first kappa shape index (κ1) is 11.7. The second-order valence-corrected chi connectivity index (χ2v) is 4.11. The lowest BCUT2D eigenvalue weighted by molar-refractivity contribution is 0.604. The third-order valence-electron chi connectivity index (χ3n) is 2.68. The SMILES string of the molecule is CC(c1ccccc1)n1cnc(Cl)c(N)c1=O. The Morgan fingerprint density at radius 2 is 2.00 bits per heavy atom. The summed E-state index contributed by atoms with van der Waals surface area (Å²) in [6.45, 7) is 1.91. The Balaban J connectivity index is 2.49. The molecule has 0 amide bonds. The van der Waals surface area contributed by atoms with Gasteiger partial charge in [-0.2, -0.15) is 0 Å². The standard InChI is InChI=1S/C12H12ClN3O/c1-8(9-5-3-2-4-6-9)16-7-15-11(13)10(14)12(16)17/h2-8H,14H2,1H3. The first-order chi connectivity index (χ1) is 8.11. The summed E-state index contributed by atoms with van der Waals surface area (Å²) in [5, 5.41) is 0.0477. The maximum atomic E-state index is 11.9. The molecule has 1 heterocycles. The van der Waals surface area contributed by atoms with Gasteiger partial charge in [0.05, 0.1) is 12.4 Å². The maximum absolute atomic E-state index is 11.9. The zero-order chi connectivity index (χ0) is 12.4. The molecule has 0 spiro atoms. The average Bonchev–Trinajstić information content (AvgIpc) is 2.36. The lowest BCUT2D eigenvalue weighted by atomic mass is 10.1. The predicted molar refractivity (Wildman–Crippen MR) is 68.2 cm³/mol. The summed E-state index contributed by atoms with van der Waals surface area (Å²) in [5.74, 6) is 0. The number of hydrogen-bond acceptors (Lipinski definition) is 3. The molecule has 0 saturated carbocycles. The largest absolute Gasteiger partial charge is 0.392 e. The minimum Gasteiger partial charge on any atom is -0.392 e. The first-order valence-electron chi connectivity index (χ1n) is 5.18. The van der Waals surface area contributed by atoms with Crippen molar-refractivity contribution in [2.45, 2.75) is 13.0 Å². The van der Waals surface area contributed by atoms with Gasteiger partial charge in [-0.05, 0) is 12.5 Å². The Morgan fingerprint density at radius 3 is 2.65 bits per heavy atom. The third-order valence-corrected chi connectivity index (χ3v) is 2.98. The van der Waals surface area contributed by atoms with Gasteiger partial charge in [0.2, 0.25) is 0 Å². The van der Waals surface area contributed by atoms with Crippen molar-refractivity contribution in [3.8, 4) is 0 Å². The average molecular weight is 250 g/mol. The summed E-state index contributed by atoms with van der Waals surface area (Å²) in [5.41, 5.74) is 6.25. The molecule has 1 aromatic heterocycles. The highest BCUT2D eigenvalue weighted by atomic mass is 35.5. The monoisotopic (exact) mass is 249 g/mol. The van der Waals surface area contributed by atoms with E-state index in [1.165, 1.54) is 10.9 Å². The van der Waals surface area contributed by atoms with Crippen molar-refractivity contribution in [1.82, 2.24) is 9.55 Å². The van der Waals surface area contributed by atoms with E-state index in [1.54, 1.807) is 0 Å². The topological polar surface area (TPSA) is 60.9 Å². The molecule has 4 nitrogen and oxygen atoms in total. The van der Waals surface area contributed by atoms with Crippen LogP contribution in [0.3, 0.4) is 0 Å². The van der Waals surface area contributed by atoms with E-state index in [2.05, 4.69) is 4.98 Å². The Kier molecular flexibility index (Phi) is 3.15. The number of anilines is 1. The highest BCUT2D eigenvalue weighted by Gasteiger charge is 2.12. The highest BCUT2D eigenvalue weighted by molar-refractivity contribution is 6.31. The number of aromatic nitrogens is 2. The minimum atomic E-state index is -0.318. The van der Waals surface area contributed by atoms with Gasteiger partial charge in [-0.1, -0.05) is 41.9 Å². The Hall–Kier alpha value is -1.81. The Morgan fingerprint density at radius 1 is 1.35 bits per heavy atom. The molecule has 0 bridgehead atoms. The summed E-state index contributed by atoms with van der Waals surface area (Å²) >= 11 is 5.69. The maximum Gasteiger partial charge on any atom is 0.278 e. The number of hydrogen-bond donors (Lipinski definition) is 1. The van der Waals surface area contributed by atoms with Crippen molar-refractivity contribution in [1.29, 1.82) is 0 Å². The fourth-order valence-electron chi connectivity index (χ4n) is 1.63. The quantitative estimate of drug-likeness (QED) is 0.829. The van der Waals surface area contributed by atoms with Crippen LogP contribution in [0.5, 0.6) is 0 Å². The normalized spacial score (nSPS) is 12.4. The molecule has 0 saturated heterocycles. The molecule has 5 heteroatoms. The molecule has 88 valence electrons. The number of rotatable bonds is 2. The number of nitrogen functional groups attached to an aromatic ring is 1. The van der Waals surface area contributed by atoms with Crippen LogP contribution >= 0.6 is 11.6 Å². The van der Waals surface area contributed by atoms with Crippen molar-refractivity contribution in [3.05, 3.63) is 57.7 Å². The van der Waals surface area contributed by atoms with Gasteiger partial charge in [-0.3, -0.25) is 9.36 Å². The summed E-state index contributed by atoms with van der Waals surface area (Å²) in [6.07, 6.45) is 1.42. The van der Waals surface area contributed by atoms with E-state index in [9.17, 15) is 4.79 Å². The number of benzene rings is 1. The van der Waals surface area contributed by atoms with Crippen molar-refractivity contribution in [2.24, 2.45) is 0 Å². The van der Waals surface area contributed by atoms with E-state index in [-0.39, 0.29) is 22.4 Å². The Labute approximate surface area is 104 Å². The number of nitrogens with two attached hydrogens (primary N) is 1. The molecule has 1 aromatic carbocycles. The van der Waals surface area contributed by atoms with Crippen LogP contribution in [-0.4, -0.2) is 9.55 Å². The molecule has 0 aliphatic carbocycles. The molecule has 17 heavy (non-hydrogen) atoms. The molecule has 2 rings (SSSR count). The third kappa shape index (κ3) is 2.17. The first-order valence-corrected chi connectivity index (χ1v) is 5.56. The fraction of sp³-hybridized carbons (Fsp3) is 0.167. The summed E-state index contributed by atoms with van der Waals surface area (Å²) < 4.78 is 1.47. The van der Waals surface area contributed by atoms with E-state index in [0.29, 0.717) is 0 Å². The lowest BCUT2D eigenvalue weighted by Gasteiger charge is -2.15. The van der Waals surface area contributed by atoms with Gasteiger partial charge < -0.3 is 5.73 Å². The molecular weight excluding hydrogens is 238 g/mol. The molecule has 2 N–H and O–H groups in total. The van der Waals surface area contributed by atoms with Gasteiger partial charge >= 0.3 is 0 Å². The molecule has 0 aliphatic rings. The summed E-state index contributed by atoms with van der Waals surface area (Å²) in [6, 6.07) is 9.53. The van der Waals surface area contributed by atoms with E-state index >= 15 is 0 Å². The highest BCUT2D eigenvalue weighted by Crippen LogP contribution is 2.17. The zero-order valence-corrected chi connectivity index (χ0v) is 10.1. The summed E-state index contributed by atoms with van der Waals surface area (Å²) in [4.78, 5) is 15.8. The second-order valence-electron chi connectivity index (χ2n) is 3.75. The van der Waals surface area contributed by atoms with Gasteiger partial charge in [0.1, 0.15) is 5.69 Å². The van der Waals surface area contributed by atoms with Crippen LogP contribution in [0.4, 0.5) is 5.69 Å². The van der Waals surface area contributed by atoms with Crippen LogP contribution in [0.1, 0.15) is 18.5 Å². The van der Waals surface area contributed by atoms with E-state index in [4.69, 9.17) is 17.3 Å². The second kappa shape index (κ2) is 4.59. The van der Waals surface area contributed by atoms with E-state index in [0.717, 1.165) is 5.56 Å². The molecule has 2 aromatic rings. The van der Waals surface area contributed by atoms with E-state index < -0.39 is 0 Å². The van der Waals surface area contributed by atoms with Gasteiger partial charge in [0, 0.05) is 0 Å². The van der Waals surface area contributed by atoms with E-state index in [1.807, 2.05) is 37.3 Å². The minimum absolute atomic E-state index is 0.0167. The molecule has 1 atom stereocenters. The van der Waals surface area contributed by atoms with Crippen LogP contribution in [0.25, 0.3) is 0 Å². The summed E-state index contributed by atoms with van der Waals surface area (Å²) in [7, 11) is 0. The van der Waals surface area contributed by atoms with Crippen molar-refractivity contribution < 1.29 is 0 Å². The van der Waals surface area contributed by atoms with Crippen LogP contribution in [0.15, 0.2) is 41.5 Å². The van der Waals surface area contributed by atoms with Crippen LogP contribution in [-0.2, 0) is 0 Å². The van der Waals surface area contributed by atoms with Gasteiger partial charge in [0.15, 0.2) is 5.15 Å². The van der Waals surface area contributed by atoms with Gasteiger partial charge in [-0.15, -0.1) is 0 Å². The Bertz CT molecular complexity index is 580. The molecule has 0 aliphatic heterocycles. The number of nitrogens with zero attached hydrogens (tertiary/aromatic N) is 2. The van der Waals surface area contributed by atoms with Gasteiger partial charge in [-0.25, -0.2) is 4.98 Å². The molecule has 0 radical (unpaired) electrons. The lowest BCUT2D eigenvalue weighted by Crippen LogP contribution is -2.26. The van der Waals surface area contributed by atoms with Crippen LogP contribution in [0.2, 0.25) is 5.15 Å². The van der Waals surface area contributed by atoms with Gasteiger partial charge in [0.25, 0.3) is 5.56 Å². The predicted octanol–water partition coefficient (Wildman–Crippen LogP) is 2.09. The van der Waals surface area contributed by atoms with Crippen molar-refractivity contribution in [3.63, 3.8) is 0 Å². The van der Waals surface area contributed by atoms with Crippen LogP contribution in [0, 0.1) is 0 Å². The van der Waals surface area contributed by atoms with Crippen LogP contribution < -0.4 is 11.3 Å². The van der Waals surface area contributed by atoms with Crippen molar-refractivity contribution >= 4 is 17.3 Å². The number of halogens is 1. The smallest absolute Gasteiger partial charge is 0.278 e. The fourth-order valence-corrected chi connectivity index (χ4v) is 1.75. The molecule has 1 unspecified atom stereocenters. The van der Waals surface area contributed by atoms with Crippen molar-refractivity contribution in [2.75, 3.05) is 5.73 Å². The molecular formula is C12H12ClN3O.